The molecule has 1 amide bonds. The first kappa shape index (κ1) is 14.2. The van der Waals surface area contributed by atoms with Crippen LogP contribution in [0.4, 0.5) is 0 Å². The van der Waals surface area contributed by atoms with Crippen LogP contribution in [0.1, 0.15) is 31.4 Å². The number of carbonyl (C=O) groups is 1. The van der Waals surface area contributed by atoms with Crippen molar-refractivity contribution in [2.24, 2.45) is 0 Å². The summed E-state index contributed by atoms with van der Waals surface area (Å²) in [7, 11) is 0. The van der Waals surface area contributed by atoms with E-state index < -0.39 is 0 Å². The second kappa shape index (κ2) is 6.80. The van der Waals surface area contributed by atoms with E-state index in [0.29, 0.717) is 6.42 Å². The van der Waals surface area contributed by atoms with E-state index in [9.17, 15) is 4.79 Å². The van der Waals surface area contributed by atoms with Gasteiger partial charge in [-0.05, 0) is 38.3 Å². The molecule has 1 aromatic rings. The van der Waals surface area contributed by atoms with Crippen molar-refractivity contribution < 1.29 is 4.79 Å². The Morgan fingerprint density at radius 3 is 2.61 bits per heavy atom. The highest BCUT2D eigenvalue weighted by Gasteiger charge is 2.16. The monoisotopic (exact) mass is 244 g/mol. The van der Waals surface area contributed by atoms with Crippen LogP contribution in [-0.2, 0) is 11.2 Å². The summed E-state index contributed by atoms with van der Waals surface area (Å²) in [5.74, 6) is 0.0507. The number of hydrogen-bond acceptors (Lipinski definition) is 2. The van der Waals surface area contributed by atoms with E-state index in [2.05, 4.69) is 13.0 Å². The summed E-state index contributed by atoms with van der Waals surface area (Å²) in [5.41, 5.74) is 2.41. The average molecular weight is 244 g/mol. The van der Waals surface area contributed by atoms with Gasteiger partial charge in [0, 0.05) is 12.5 Å². The van der Waals surface area contributed by atoms with Crippen molar-refractivity contribution in [2.75, 3.05) is 6.54 Å². The molecule has 18 heavy (non-hydrogen) atoms. The lowest BCUT2D eigenvalue weighted by Gasteiger charge is -2.23. The Balaban J connectivity index is 2.60. The van der Waals surface area contributed by atoms with Crippen molar-refractivity contribution in [3.8, 4) is 6.07 Å². The van der Waals surface area contributed by atoms with E-state index in [0.717, 1.165) is 6.42 Å². The van der Waals surface area contributed by atoms with E-state index in [4.69, 9.17) is 5.26 Å². The van der Waals surface area contributed by atoms with Crippen molar-refractivity contribution in [3.05, 3.63) is 35.4 Å². The van der Waals surface area contributed by atoms with Crippen molar-refractivity contribution in [3.63, 3.8) is 0 Å². The first-order valence-corrected chi connectivity index (χ1v) is 6.27. The number of rotatable bonds is 5. The molecule has 3 heteroatoms. The van der Waals surface area contributed by atoms with Crippen molar-refractivity contribution >= 4 is 5.91 Å². The summed E-state index contributed by atoms with van der Waals surface area (Å²) in [6, 6.07) is 10.2. The Morgan fingerprint density at radius 1 is 1.39 bits per heavy atom. The maximum atomic E-state index is 12.0. The van der Waals surface area contributed by atoms with Crippen molar-refractivity contribution in [1.29, 1.82) is 5.26 Å². The third kappa shape index (κ3) is 3.89. The molecule has 0 unspecified atom stereocenters. The van der Waals surface area contributed by atoms with Crippen LogP contribution in [0.3, 0.4) is 0 Å². The van der Waals surface area contributed by atoms with Gasteiger partial charge in [0.15, 0.2) is 0 Å². The summed E-state index contributed by atoms with van der Waals surface area (Å²) in [5, 5.41) is 8.72. The molecule has 0 radical (unpaired) electrons. The molecule has 0 aliphatic carbocycles. The van der Waals surface area contributed by atoms with Crippen molar-refractivity contribution in [2.45, 2.75) is 39.7 Å². The minimum absolute atomic E-state index is 0.0507. The molecule has 0 saturated carbocycles. The van der Waals surface area contributed by atoms with E-state index in [1.54, 1.807) is 4.90 Å². The summed E-state index contributed by atoms with van der Waals surface area (Å²) in [6.45, 7) is 6.09. The molecular formula is C15H20N2O. The lowest BCUT2D eigenvalue weighted by Crippen LogP contribution is -2.37. The maximum Gasteiger partial charge on any atom is 0.223 e. The molecule has 0 bridgehead atoms. The van der Waals surface area contributed by atoms with Gasteiger partial charge >= 0.3 is 0 Å². The van der Waals surface area contributed by atoms with Gasteiger partial charge in [-0.25, -0.2) is 0 Å². The van der Waals surface area contributed by atoms with Gasteiger partial charge in [0.25, 0.3) is 0 Å². The molecular weight excluding hydrogens is 224 g/mol. The minimum Gasteiger partial charge on any atom is -0.327 e. The quantitative estimate of drug-likeness (QED) is 0.747. The number of carbonyl (C=O) groups excluding carboxylic acids is 1. The zero-order valence-corrected chi connectivity index (χ0v) is 11.3. The van der Waals surface area contributed by atoms with Crippen LogP contribution in [0.15, 0.2) is 24.3 Å². The molecule has 96 valence electrons. The molecule has 0 heterocycles. The van der Waals surface area contributed by atoms with E-state index in [1.165, 1.54) is 11.1 Å². The lowest BCUT2D eigenvalue weighted by molar-refractivity contribution is -0.132. The zero-order chi connectivity index (χ0) is 13.5. The third-order valence-electron chi connectivity index (χ3n) is 3.05. The summed E-state index contributed by atoms with van der Waals surface area (Å²) < 4.78 is 0. The molecule has 0 fully saturated rings. The highest BCUT2D eigenvalue weighted by atomic mass is 16.2. The molecule has 3 nitrogen and oxygen atoms in total. The molecule has 0 aromatic heterocycles. The van der Waals surface area contributed by atoms with Crippen LogP contribution >= 0.6 is 0 Å². The second-order valence-electron chi connectivity index (χ2n) is 4.70. The fraction of sp³-hybridized carbons (Fsp3) is 0.467. The highest BCUT2D eigenvalue weighted by molar-refractivity contribution is 5.77. The molecule has 0 aliphatic rings. The van der Waals surface area contributed by atoms with E-state index >= 15 is 0 Å². The van der Waals surface area contributed by atoms with Crippen LogP contribution in [0.25, 0.3) is 0 Å². The minimum atomic E-state index is 0.0507. The molecule has 0 atom stereocenters. The Labute approximate surface area is 109 Å². The van der Waals surface area contributed by atoms with Gasteiger partial charge in [-0.2, -0.15) is 5.26 Å². The van der Waals surface area contributed by atoms with Crippen LogP contribution in [0.2, 0.25) is 0 Å². The number of amides is 1. The number of hydrogen-bond donors (Lipinski definition) is 0. The molecule has 1 rings (SSSR count). The summed E-state index contributed by atoms with van der Waals surface area (Å²) in [6.07, 6.45) is 1.20. The first-order chi connectivity index (χ1) is 8.56. The van der Waals surface area contributed by atoms with Crippen molar-refractivity contribution in [1.82, 2.24) is 4.90 Å². The topological polar surface area (TPSA) is 44.1 Å². The second-order valence-corrected chi connectivity index (χ2v) is 4.70. The largest absolute Gasteiger partial charge is 0.327 e. The van der Waals surface area contributed by atoms with Gasteiger partial charge in [0.2, 0.25) is 5.91 Å². The smallest absolute Gasteiger partial charge is 0.223 e. The molecule has 1 aromatic carbocycles. The lowest BCUT2D eigenvalue weighted by atomic mass is 10.0. The van der Waals surface area contributed by atoms with Crippen LogP contribution < -0.4 is 0 Å². The Bertz CT molecular complexity index is 446. The molecule has 0 spiro atoms. The van der Waals surface area contributed by atoms with Crippen LogP contribution in [0, 0.1) is 18.3 Å². The number of nitriles is 1. The standard InChI is InChI=1S/C15H20N2O/c1-12(2)17(11-10-16)15(18)9-8-14-7-5-4-6-13(14)3/h4-7,12H,8-9,11H2,1-3H3. The van der Waals surface area contributed by atoms with Gasteiger partial charge in [-0.3, -0.25) is 4.79 Å². The van der Waals surface area contributed by atoms with Gasteiger partial charge in [0.05, 0.1) is 6.07 Å². The van der Waals surface area contributed by atoms with Gasteiger partial charge in [0.1, 0.15) is 6.54 Å². The maximum absolute atomic E-state index is 12.0. The van der Waals surface area contributed by atoms with Gasteiger partial charge < -0.3 is 4.90 Å². The highest BCUT2D eigenvalue weighted by Crippen LogP contribution is 2.11. The Morgan fingerprint density at radius 2 is 2.06 bits per heavy atom. The fourth-order valence-corrected chi connectivity index (χ4v) is 1.91. The van der Waals surface area contributed by atoms with Gasteiger partial charge in [-0.15, -0.1) is 0 Å². The number of nitrogens with zero attached hydrogens (tertiary/aromatic N) is 2. The molecule has 0 aliphatic heterocycles. The Kier molecular flexibility index (Phi) is 5.38. The summed E-state index contributed by atoms with van der Waals surface area (Å²) >= 11 is 0. The number of aryl methyl sites for hydroxylation is 2. The fourth-order valence-electron chi connectivity index (χ4n) is 1.91. The van der Waals surface area contributed by atoms with Crippen LogP contribution in [0.5, 0.6) is 0 Å². The Hall–Kier alpha value is -1.82. The average Bonchev–Trinajstić information content (AvgIpc) is 2.34. The predicted octanol–water partition coefficient (Wildman–Crippen LogP) is 2.69. The van der Waals surface area contributed by atoms with Crippen LogP contribution in [-0.4, -0.2) is 23.4 Å². The predicted molar refractivity (Wildman–Crippen MR) is 72.0 cm³/mol. The zero-order valence-electron chi connectivity index (χ0n) is 11.3. The number of benzene rings is 1. The van der Waals surface area contributed by atoms with E-state index in [-0.39, 0.29) is 18.5 Å². The van der Waals surface area contributed by atoms with E-state index in [1.807, 2.05) is 38.1 Å². The third-order valence-corrected chi connectivity index (χ3v) is 3.05. The SMILES string of the molecule is Cc1ccccc1CCC(=O)N(CC#N)C(C)C. The van der Waals surface area contributed by atoms with Gasteiger partial charge in [-0.1, -0.05) is 24.3 Å². The summed E-state index contributed by atoms with van der Waals surface area (Å²) in [4.78, 5) is 13.7. The first-order valence-electron chi connectivity index (χ1n) is 6.27. The molecule has 0 saturated heterocycles. The normalized spacial score (nSPS) is 10.2. The molecule has 0 N–H and O–H groups in total.